The fourth-order valence-corrected chi connectivity index (χ4v) is 2.38. The van der Waals surface area contributed by atoms with Gasteiger partial charge in [0.15, 0.2) is 5.16 Å². The summed E-state index contributed by atoms with van der Waals surface area (Å²) in [5.74, 6) is 2.15. The Kier molecular flexibility index (Phi) is 9.22. The lowest BCUT2D eigenvalue weighted by molar-refractivity contribution is 0.224. The van der Waals surface area contributed by atoms with Crippen molar-refractivity contribution in [1.82, 2.24) is 9.97 Å². The van der Waals surface area contributed by atoms with Crippen LogP contribution in [0.15, 0.2) is 11.2 Å². The van der Waals surface area contributed by atoms with Gasteiger partial charge in [0.1, 0.15) is 5.82 Å². The second-order valence-electron chi connectivity index (χ2n) is 5.23. The van der Waals surface area contributed by atoms with Gasteiger partial charge in [0.2, 0.25) is 5.88 Å². The van der Waals surface area contributed by atoms with Crippen LogP contribution in [0.25, 0.3) is 0 Å². The van der Waals surface area contributed by atoms with Gasteiger partial charge in [-0.25, -0.2) is 4.98 Å². The van der Waals surface area contributed by atoms with Crippen LogP contribution in [0, 0.1) is 5.92 Å². The number of rotatable bonds is 11. The van der Waals surface area contributed by atoms with Crippen LogP contribution in [0.1, 0.15) is 52.9 Å². The minimum atomic E-state index is 0.615. The standard InChI is InChI=1S/C16H29N3OS/c1-5-8-9-13(7-3)12-20-15-11-14(17-10-6-2)18-16(19-15)21-4/h11,13H,5-10,12H2,1-4H3,(H,17,18,19). The molecule has 0 saturated carbocycles. The second-order valence-corrected chi connectivity index (χ2v) is 6.01. The third kappa shape index (κ3) is 7.02. The van der Waals surface area contributed by atoms with Crippen LogP contribution < -0.4 is 10.1 Å². The first-order valence-corrected chi connectivity index (χ1v) is 9.25. The molecule has 5 heteroatoms. The Bertz CT molecular complexity index is 401. The number of unbranched alkanes of at least 4 members (excludes halogenated alkanes) is 1. The minimum Gasteiger partial charge on any atom is -0.477 e. The number of anilines is 1. The molecule has 0 amide bonds. The van der Waals surface area contributed by atoms with E-state index < -0.39 is 0 Å². The van der Waals surface area contributed by atoms with Crippen LogP contribution in [-0.4, -0.2) is 29.4 Å². The third-order valence-corrected chi connectivity index (χ3v) is 3.98. The molecule has 0 radical (unpaired) electrons. The van der Waals surface area contributed by atoms with E-state index >= 15 is 0 Å². The zero-order valence-corrected chi connectivity index (χ0v) is 14.6. The average molecular weight is 311 g/mol. The highest BCUT2D eigenvalue weighted by atomic mass is 32.2. The fourth-order valence-electron chi connectivity index (χ4n) is 2.01. The molecule has 1 rings (SSSR count). The highest BCUT2D eigenvalue weighted by Crippen LogP contribution is 2.21. The van der Waals surface area contributed by atoms with Crippen LogP contribution in [0.4, 0.5) is 5.82 Å². The molecule has 0 spiro atoms. The molecular formula is C16H29N3OS. The number of nitrogens with zero attached hydrogens (tertiary/aromatic N) is 2. The Morgan fingerprint density at radius 1 is 1.24 bits per heavy atom. The number of aromatic nitrogens is 2. The fraction of sp³-hybridized carbons (Fsp3) is 0.750. The largest absolute Gasteiger partial charge is 0.477 e. The van der Waals surface area contributed by atoms with Gasteiger partial charge in [-0.05, 0) is 25.0 Å². The van der Waals surface area contributed by atoms with Crippen molar-refractivity contribution in [2.24, 2.45) is 5.92 Å². The molecular weight excluding hydrogens is 282 g/mol. The zero-order chi connectivity index (χ0) is 15.5. The summed E-state index contributed by atoms with van der Waals surface area (Å²) in [6.07, 6.45) is 7.95. The van der Waals surface area contributed by atoms with Crippen LogP contribution in [-0.2, 0) is 0 Å². The lowest BCUT2D eigenvalue weighted by Gasteiger charge is -2.16. The summed E-state index contributed by atoms with van der Waals surface area (Å²) < 4.78 is 5.91. The van der Waals surface area contributed by atoms with Gasteiger partial charge in [0, 0.05) is 12.6 Å². The summed E-state index contributed by atoms with van der Waals surface area (Å²) in [4.78, 5) is 8.88. The Hall–Kier alpha value is -0.970. The van der Waals surface area contributed by atoms with Crippen molar-refractivity contribution >= 4 is 17.6 Å². The second kappa shape index (κ2) is 10.7. The first-order chi connectivity index (χ1) is 10.2. The summed E-state index contributed by atoms with van der Waals surface area (Å²) in [7, 11) is 0. The molecule has 0 aromatic carbocycles. The van der Waals surface area contributed by atoms with Gasteiger partial charge in [0.05, 0.1) is 6.61 Å². The molecule has 1 unspecified atom stereocenters. The van der Waals surface area contributed by atoms with E-state index in [-0.39, 0.29) is 0 Å². The monoisotopic (exact) mass is 311 g/mol. The molecule has 0 fully saturated rings. The van der Waals surface area contributed by atoms with Gasteiger partial charge in [-0.15, -0.1) is 0 Å². The van der Waals surface area contributed by atoms with Crippen LogP contribution in [0.2, 0.25) is 0 Å². The minimum absolute atomic E-state index is 0.615. The molecule has 0 aliphatic carbocycles. The van der Waals surface area contributed by atoms with Crippen LogP contribution >= 0.6 is 11.8 Å². The summed E-state index contributed by atoms with van der Waals surface area (Å²) in [5.41, 5.74) is 0. The molecule has 1 aromatic heterocycles. The van der Waals surface area contributed by atoms with E-state index in [9.17, 15) is 0 Å². The molecule has 1 atom stereocenters. The van der Waals surface area contributed by atoms with Gasteiger partial charge in [-0.2, -0.15) is 4.98 Å². The Morgan fingerprint density at radius 3 is 2.67 bits per heavy atom. The van der Waals surface area contributed by atoms with Crippen molar-refractivity contribution in [1.29, 1.82) is 0 Å². The molecule has 1 heterocycles. The summed E-state index contributed by atoms with van der Waals surface area (Å²) in [6, 6.07) is 1.90. The van der Waals surface area contributed by atoms with Gasteiger partial charge >= 0.3 is 0 Å². The molecule has 4 nitrogen and oxygen atoms in total. The quantitative estimate of drug-likeness (QED) is 0.477. The van der Waals surface area contributed by atoms with Crippen LogP contribution in [0.5, 0.6) is 5.88 Å². The molecule has 0 aliphatic rings. The maximum Gasteiger partial charge on any atom is 0.219 e. The van der Waals surface area contributed by atoms with Gasteiger partial charge in [0.25, 0.3) is 0 Å². The van der Waals surface area contributed by atoms with Crippen molar-refractivity contribution in [3.05, 3.63) is 6.07 Å². The van der Waals surface area contributed by atoms with E-state index in [2.05, 4.69) is 36.1 Å². The van der Waals surface area contributed by atoms with Gasteiger partial charge in [-0.3, -0.25) is 0 Å². The van der Waals surface area contributed by atoms with Crippen molar-refractivity contribution in [3.63, 3.8) is 0 Å². The summed E-state index contributed by atoms with van der Waals surface area (Å²) in [5, 5.41) is 4.06. The zero-order valence-electron chi connectivity index (χ0n) is 13.8. The van der Waals surface area contributed by atoms with Gasteiger partial charge < -0.3 is 10.1 Å². The van der Waals surface area contributed by atoms with Crippen molar-refractivity contribution in [3.8, 4) is 5.88 Å². The molecule has 21 heavy (non-hydrogen) atoms. The van der Waals surface area contributed by atoms with E-state index in [1.165, 1.54) is 19.3 Å². The van der Waals surface area contributed by atoms with Crippen molar-refractivity contribution < 1.29 is 4.74 Å². The Labute approximate surface area is 133 Å². The van der Waals surface area contributed by atoms with Crippen molar-refractivity contribution in [2.75, 3.05) is 24.7 Å². The lowest BCUT2D eigenvalue weighted by atomic mass is 10.0. The molecule has 1 aromatic rings. The number of hydrogen-bond acceptors (Lipinski definition) is 5. The maximum absolute atomic E-state index is 5.91. The third-order valence-electron chi connectivity index (χ3n) is 3.43. The molecule has 0 aliphatic heterocycles. The topological polar surface area (TPSA) is 47.0 Å². The average Bonchev–Trinajstić information content (AvgIpc) is 2.52. The van der Waals surface area contributed by atoms with E-state index in [1.807, 2.05) is 12.3 Å². The SMILES string of the molecule is CCCCC(CC)COc1cc(NCCC)nc(SC)n1. The first kappa shape index (κ1) is 18.1. The smallest absolute Gasteiger partial charge is 0.219 e. The lowest BCUT2D eigenvalue weighted by Crippen LogP contribution is -2.13. The summed E-state index contributed by atoms with van der Waals surface area (Å²) >= 11 is 1.54. The van der Waals surface area contributed by atoms with Crippen LogP contribution in [0.3, 0.4) is 0 Å². The van der Waals surface area contributed by atoms with E-state index in [4.69, 9.17) is 4.74 Å². The normalized spacial score (nSPS) is 12.2. The molecule has 1 N–H and O–H groups in total. The van der Waals surface area contributed by atoms with E-state index in [1.54, 1.807) is 11.8 Å². The van der Waals surface area contributed by atoms with Crippen molar-refractivity contribution in [2.45, 2.75) is 58.0 Å². The Balaban J connectivity index is 2.63. The predicted molar refractivity (Wildman–Crippen MR) is 91.4 cm³/mol. The number of ether oxygens (including phenoxy) is 1. The summed E-state index contributed by atoms with van der Waals surface area (Å²) in [6.45, 7) is 8.26. The maximum atomic E-state index is 5.91. The number of nitrogens with one attached hydrogen (secondary N) is 1. The number of thioether (sulfide) groups is 1. The number of hydrogen-bond donors (Lipinski definition) is 1. The highest BCUT2D eigenvalue weighted by molar-refractivity contribution is 7.98. The molecule has 120 valence electrons. The first-order valence-electron chi connectivity index (χ1n) is 8.03. The van der Waals surface area contributed by atoms with E-state index in [0.717, 1.165) is 37.0 Å². The van der Waals surface area contributed by atoms with E-state index in [0.29, 0.717) is 11.8 Å². The van der Waals surface area contributed by atoms with Gasteiger partial charge in [-0.1, -0.05) is 51.8 Å². The predicted octanol–water partition coefficient (Wildman–Crippen LogP) is 4.62. The molecule has 0 saturated heterocycles. The Morgan fingerprint density at radius 2 is 2.05 bits per heavy atom. The highest BCUT2D eigenvalue weighted by Gasteiger charge is 2.09. The molecule has 0 bridgehead atoms.